The molecule has 0 bridgehead atoms. The molecule has 0 aliphatic heterocycles. The zero-order valence-electron chi connectivity index (χ0n) is 12.0. The van der Waals surface area contributed by atoms with Gasteiger partial charge in [-0.2, -0.15) is 5.10 Å². The van der Waals surface area contributed by atoms with Crippen molar-refractivity contribution in [2.45, 2.75) is 11.8 Å². The van der Waals surface area contributed by atoms with Crippen LogP contribution in [0.1, 0.15) is 11.3 Å². The summed E-state index contributed by atoms with van der Waals surface area (Å²) in [5, 5.41) is 13.0. The summed E-state index contributed by atoms with van der Waals surface area (Å²) in [6.45, 7) is 1.81. The second-order valence-electron chi connectivity index (χ2n) is 4.38. The van der Waals surface area contributed by atoms with Crippen LogP contribution in [0.2, 0.25) is 0 Å². The Balaban J connectivity index is 2.32. The molecule has 0 atom stereocenters. The molecule has 0 unspecified atom stereocenters. The summed E-state index contributed by atoms with van der Waals surface area (Å²) in [6, 6.07) is 7.68. The molecule has 0 radical (unpaired) electrons. The highest BCUT2D eigenvalue weighted by atomic mass is 32.2. The Hall–Kier alpha value is -2.21. The molecule has 1 N–H and O–H groups in total. The lowest BCUT2D eigenvalue weighted by atomic mass is 10.2. The minimum Gasteiger partial charge on any atom is -0.478 e. The molecule has 0 fully saturated rings. The summed E-state index contributed by atoms with van der Waals surface area (Å²) < 4.78 is 7.44. The number of aromatic nitrogens is 2. The maximum atomic E-state index is 10.7. The van der Waals surface area contributed by atoms with Gasteiger partial charge in [-0.15, -0.1) is 11.8 Å². The topological polar surface area (TPSA) is 64.3 Å². The summed E-state index contributed by atoms with van der Waals surface area (Å²) in [5.74, 6) is 0.191. The first kappa shape index (κ1) is 15.2. The molecule has 2 aromatic rings. The first-order valence-corrected chi connectivity index (χ1v) is 7.50. The Bertz CT molecular complexity index is 675. The number of thioether (sulfide) groups is 1. The van der Waals surface area contributed by atoms with Gasteiger partial charge < -0.3 is 9.84 Å². The van der Waals surface area contributed by atoms with Gasteiger partial charge in [-0.3, -0.25) is 0 Å². The van der Waals surface area contributed by atoms with Crippen molar-refractivity contribution in [1.29, 1.82) is 0 Å². The van der Waals surface area contributed by atoms with Crippen molar-refractivity contribution in [3.8, 4) is 11.6 Å². The zero-order chi connectivity index (χ0) is 15.4. The van der Waals surface area contributed by atoms with E-state index >= 15 is 0 Å². The Kier molecular flexibility index (Phi) is 4.70. The van der Waals surface area contributed by atoms with Crippen molar-refractivity contribution >= 4 is 23.8 Å². The summed E-state index contributed by atoms with van der Waals surface area (Å²) in [5.41, 5.74) is 1.37. The van der Waals surface area contributed by atoms with Gasteiger partial charge in [0.05, 0.1) is 11.3 Å². The molecule has 2 rings (SSSR count). The van der Waals surface area contributed by atoms with Crippen LogP contribution in [0.15, 0.2) is 35.2 Å². The molecule has 0 saturated carbocycles. The molecule has 1 aromatic heterocycles. The fourth-order valence-electron chi connectivity index (χ4n) is 1.88. The predicted molar refractivity (Wildman–Crippen MR) is 82.9 cm³/mol. The highest BCUT2D eigenvalue weighted by molar-refractivity contribution is 7.98. The molecule has 0 aliphatic rings. The average molecular weight is 304 g/mol. The SMILES string of the molecule is CSc1ccc(Oc2c(C=CC(=O)O)c(C)nn2C)cc1. The van der Waals surface area contributed by atoms with Crippen molar-refractivity contribution in [3.63, 3.8) is 0 Å². The summed E-state index contributed by atoms with van der Waals surface area (Å²) in [6.07, 6.45) is 4.58. The molecule has 0 saturated heterocycles. The maximum absolute atomic E-state index is 10.7. The quantitative estimate of drug-likeness (QED) is 0.678. The Morgan fingerprint density at radius 3 is 2.62 bits per heavy atom. The van der Waals surface area contributed by atoms with Gasteiger partial charge in [0.2, 0.25) is 5.88 Å². The number of nitrogens with zero attached hydrogens (tertiary/aromatic N) is 2. The first-order chi connectivity index (χ1) is 10.0. The van der Waals surface area contributed by atoms with E-state index in [1.54, 1.807) is 23.5 Å². The van der Waals surface area contributed by atoms with E-state index in [1.807, 2.05) is 37.4 Å². The molecule has 1 aromatic carbocycles. The Labute approximate surface area is 127 Å². The van der Waals surface area contributed by atoms with Crippen molar-refractivity contribution in [2.24, 2.45) is 7.05 Å². The monoisotopic (exact) mass is 304 g/mol. The number of carboxylic acid groups (broad SMARTS) is 1. The molecule has 110 valence electrons. The van der Waals surface area contributed by atoms with Crippen LogP contribution in [0.4, 0.5) is 0 Å². The van der Waals surface area contributed by atoms with Crippen LogP contribution < -0.4 is 4.74 Å². The average Bonchev–Trinajstić information content (AvgIpc) is 2.72. The molecule has 0 aliphatic carbocycles. The van der Waals surface area contributed by atoms with Gasteiger partial charge in [0.25, 0.3) is 0 Å². The van der Waals surface area contributed by atoms with Crippen LogP contribution in [0, 0.1) is 6.92 Å². The third kappa shape index (κ3) is 3.66. The van der Waals surface area contributed by atoms with Gasteiger partial charge in [0.15, 0.2) is 0 Å². The van der Waals surface area contributed by atoms with Gasteiger partial charge in [0.1, 0.15) is 5.75 Å². The minimum atomic E-state index is -1.01. The summed E-state index contributed by atoms with van der Waals surface area (Å²) in [4.78, 5) is 11.8. The van der Waals surface area contributed by atoms with E-state index in [-0.39, 0.29) is 0 Å². The van der Waals surface area contributed by atoms with E-state index in [0.717, 1.165) is 11.0 Å². The Morgan fingerprint density at radius 1 is 1.38 bits per heavy atom. The number of aryl methyl sites for hydroxylation is 2. The van der Waals surface area contributed by atoms with E-state index in [1.165, 1.54) is 6.08 Å². The lowest BCUT2D eigenvalue weighted by Crippen LogP contribution is -1.96. The lowest BCUT2D eigenvalue weighted by molar-refractivity contribution is -0.131. The molecular formula is C15H16N2O3S. The van der Waals surface area contributed by atoms with Gasteiger partial charge in [-0.25, -0.2) is 9.48 Å². The number of carbonyl (C=O) groups is 1. The number of benzene rings is 1. The number of hydrogen-bond acceptors (Lipinski definition) is 4. The van der Waals surface area contributed by atoms with E-state index in [0.29, 0.717) is 22.9 Å². The van der Waals surface area contributed by atoms with Crippen LogP contribution in [-0.4, -0.2) is 27.1 Å². The smallest absolute Gasteiger partial charge is 0.328 e. The minimum absolute atomic E-state index is 0.516. The van der Waals surface area contributed by atoms with E-state index < -0.39 is 5.97 Å². The van der Waals surface area contributed by atoms with Crippen LogP contribution >= 0.6 is 11.8 Å². The fraction of sp³-hybridized carbons (Fsp3) is 0.200. The van der Waals surface area contributed by atoms with Gasteiger partial charge in [-0.05, 0) is 43.5 Å². The molecular weight excluding hydrogens is 288 g/mol. The standard InChI is InChI=1S/C15H16N2O3S/c1-10-13(8-9-14(18)19)15(17(2)16-10)20-11-4-6-12(21-3)7-5-11/h4-9H,1-3H3,(H,18,19). The number of aliphatic carboxylic acids is 1. The summed E-state index contributed by atoms with van der Waals surface area (Å²) in [7, 11) is 1.76. The number of hydrogen-bond donors (Lipinski definition) is 1. The molecule has 21 heavy (non-hydrogen) atoms. The maximum Gasteiger partial charge on any atom is 0.328 e. The molecule has 1 heterocycles. The van der Waals surface area contributed by atoms with Crippen molar-refractivity contribution in [2.75, 3.05) is 6.26 Å². The number of rotatable bonds is 5. The van der Waals surface area contributed by atoms with E-state index in [9.17, 15) is 4.79 Å². The zero-order valence-corrected chi connectivity index (χ0v) is 12.8. The number of carboxylic acids is 1. The van der Waals surface area contributed by atoms with E-state index in [4.69, 9.17) is 9.84 Å². The summed E-state index contributed by atoms with van der Waals surface area (Å²) >= 11 is 1.66. The normalized spacial score (nSPS) is 11.0. The second-order valence-corrected chi connectivity index (χ2v) is 5.26. The third-order valence-corrected chi connectivity index (χ3v) is 3.62. The van der Waals surface area contributed by atoms with Crippen LogP contribution in [0.5, 0.6) is 11.6 Å². The lowest BCUT2D eigenvalue weighted by Gasteiger charge is -2.07. The van der Waals surface area contributed by atoms with Gasteiger partial charge in [-0.1, -0.05) is 0 Å². The van der Waals surface area contributed by atoms with Crippen molar-refractivity contribution in [3.05, 3.63) is 41.6 Å². The largest absolute Gasteiger partial charge is 0.478 e. The van der Waals surface area contributed by atoms with E-state index in [2.05, 4.69) is 5.10 Å². The Morgan fingerprint density at radius 2 is 2.05 bits per heavy atom. The number of ether oxygens (including phenoxy) is 1. The molecule has 6 heteroatoms. The van der Waals surface area contributed by atoms with Crippen molar-refractivity contribution in [1.82, 2.24) is 9.78 Å². The van der Waals surface area contributed by atoms with Gasteiger partial charge >= 0.3 is 5.97 Å². The fourth-order valence-corrected chi connectivity index (χ4v) is 2.28. The van der Waals surface area contributed by atoms with Crippen LogP contribution in [0.25, 0.3) is 6.08 Å². The van der Waals surface area contributed by atoms with Gasteiger partial charge in [0, 0.05) is 18.0 Å². The highest BCUT2D eigenvalue weighted by Gasteiger charge is 2.13. The highest BCUT2D eigenvalue weighted by Crippen LogP contribution is 2.29. The van der Waals surface area contributed by atoms with Crippen LogP contribution in [-0.2, 0) is 11.8 Å². The van der Waals surface area contributed by atoms with Crippen LogP contribution in [0.3, 0.4) is 0 Å². The third-order valence-electron chi connectivity index (χ3n) is 2.88. The molecule has 0 spiro atoms. The molecule has 0 amide bonds. The predicted octanol–water partition coefficient (Wildman–Crippen LogP) is 3.34. The van der Waals surface area contributed by atoms with Crippen molar-refractivity contribution < 1.29 is 14.6 Å². The molecule has 5 nitrogen and oxygen atoms in total. The second kappa shape index (κ2) is 6.49. The first-order valence-electron chi connectivity index (χ1n) is 6.27.